The summed E-state index contributed by atoms with van der Waals surface area (Å²) in [5.41, 5.74) is 2.30. The Morgan fingerprint density at radius 1 is 1.45 bits per heavy atom. The van der Waals surface area contributed by atoms with Crippen LogP contribution in [0.2, 0.25) is 0 Å². The van der Waals surface area contributed by atoms with Gasteiger partial charge in [0, 0.05) is 24.7 Å². The van der Waals surface area contributed by atoms with Crippen LogP contribution < -0.4 is 15.0 Å². The molecule has 0 saturated carbocycles. The number of amides is 2. The number of hydrogen-bond donors (Lipinski definition) is 1. The highest BCUT2D eigenvalue weighted by atomic mass is 16.5. The Morgan fingerprint density at radius 2 is 2.23 bits per heavy atom. The molecule has 22 heavy (non-hydrogen) atoms. The minimum absolute atomic E-state index is 0.00696. The third-order valence-electron chi connectivity index (χ3n) is 3.37. The summed E-state index contributed by atoms with van der Waals surface area (Å²) in [6, 6.07) is 5.35. The van der Waals surface area contributed by atoms with Crippen molar-refractivity contribution in [1.82, 2.24) is 0 Å². The lowest BCUT2D eigenvalue weighted by molar-refractivity contribution is -0.121. The van der Waals surface area contributed by atoms with Crippen LogP contribution in [0.4, 0.5) is 11.4 Å². The highest BCUT2D eigenvalue weighted by Gasteiger charge is 2.25. The standard InChI is InChI=1S/C17H22N2O3/c1-4-5-6-16(20)18-13-7-8-14-15(9-13)22-11-17(21)19(14)10-12(2)3/h7-9H,2,4-6,10-11H2,1,3H3,(H,18,20). The van der Waals surface area contributed by atoms with Crippen molar-refractivity contribution < 1.29 is 14.3 Å². The fourth-order valence-electron chi connectivity index (χ4n) is 2.29. The molecule has 0 unspecified atom stereocenters. The van der Waals surface area contributed by atoms with E-state index >= 15 is 0 Å². The van der Waals surface area contributed by atoms with Crippen molar-refractivity contribution >= 4 is 23.2 Å². The van der Waals surface area contributed by atoms with Gasteiger partial charge in [0.15, 0.2) is 6.61 Å². The molecule has 1 heterocycles. The molecule has 0 aromatic heterocycles. The van der Waals surface area contributed by atoms with Crippen LogP contribution in [0, 0.1) is 0 Å². The van der Waals surface area contributed by atoms with Crippen LogP contribution in [0.1, 0.15) is 33.1 Å². The van der Waals surface area contributed by atoms with Crippen molar-refractivity contribution in [2.45, 2.75) is 33.1 Å². The molecule has 0 aliphatic carbocycles. The maximum absolute atomic E-state index is 12.0. The smallest absolute Gasteiger partial charge is 0.265 e. The van der Waals surface area contributed by atoms with Crippen LogP contribution in [0.15, 0.2) is 30.4 Å². The number of hydrogen-bond acceptors (Lipinski definition) is 3. The summed E-state index contributed by atoms with van der Waals surface area (Å²) in [5.74, 6) is 0.511. The zero-order chi connectivity index (χ0) is 16.1. The number of fused-ring (bicyclic) bond motifs is 1. The average Bonchev–Trinajstić information content (AvgIpc) is 2.48. The first-order valence-corrected chi connectivity index (χ1v) is 7.52. The number of anilines is 2. The Kier molecular flexibility index (Phi) is 5.20. The lowest BCUT2D eigenvalue weighted by Crippen LogP contribution is -2.39. The molecule has 5 heteroatoms. The van der Waals surface area contributed by atoms with Crippen molar-refractivity contribution in [2.75, 3.05) is 23.4 Å². The number of carbonyl (C=O) groups is 2. The molecule has 0 bridgehead atoms. The molecule has 1 aromatic rings. The van der Waals surface area contributed by atoms with E-state index in [-0.39, 0.29) is 18.4 Å². The van der Waals surface area contributed by atoms with Crippen LogP contribution in [0.3, 0.4) is 0 Å². The van der Waals surface area contributed by atoms with Crippen LogP contribution >= 0.6 is 0 Å². The van der Waals surface area contributed by atoms with Gasteiger partial charge in [-0.25, -0.2) is 0 Å². The second kappa shape index (κ2) is 7.11. The Hall–Kier alpha value is -2.30. The van der Waals surface area contributed by atoms with Gasteiger partial charge in [0.1, 0.15) is 5.75 Å². The van der Waals surface area contributed by atoms with Gasteiger partial charge < -0.3 is 15.0 Å². The van der Waals surface area contributed by atoms with E-state index < -0.39 is 0 Å². The Balaban J connectivity index is 2.15. The predicted octanol–water partition coefficient (Wildman–Crippen LogP) is 3.12. The van der Waals surface area contributed by atoms with Crippen LogP contribution in [-0.2, 0) is 9.59 Å². The predicted molar refractivity (Wildman–Crippen MR) is 87.3 cm³/mol. The topological polar surface area (TPSA) is 58.6 Å². The SMILES string of the molecule is C=C(C)CN1C(=O)COc2cc(NC(=O)CCCC)ccc21. The number of rotatable bonds is 6. The summed E-state index contributed by atoms with van der Waals surface area (Å²) in [6.45, 7) is 8.26. The van der Waals surface area contributed by atoms with E-state index in [9.17, 15) is 9.59 Å². The molecule has 2 amide bonds. The molecule has 118 valence electrons. The van der Waals surface area contributed by atoms with Crippen LogP contribution in [-0.4, -0.2) is 25.0 Å². The fraction of sp³-hybridized carbons (Fsp3) is 0.412. The van der Waals surface area contributed by atoms with Crippen molar-refractivity contribution in [1.29, 1.82) is 0 Å². The normalized spacial score (nSPS) is 13.4. The summed E-state index contributed by atoms with van der Waals surface area (Å²) < 4.78 is 5.48. The summed E-state index contributed by atoms with van der Waals surface area (Å²) in [4.78, 5) is 25.4. The minimum atomic E-state index is -0.0877. The molecule has 0 atom stereocenters. The maximum atomic E-state index is 12.0. The summed E-state index contributed by atoms with van der Waals surface area (Å²) in [6.07, 6.45) is 2.36. The number of carbonyl (C=O) groups excluding carboxylic acids is 2. The molecular weight excluding hydrogens is 280 g/mol. The van der Waals surface area contributed by atoms with Crippen molar-refractivity contribution in [3.8, 4) is 5.75 Å². The van der Waals surface area contributed by atoms with Crippen LogP contribution in [0.25, 0.3) is 0 Å². The molecule has 1 aromatic carbocycles. The van der Waals surface area contributed by atoms with Gasteiger partial charge in [-0.3, -0.25) is 9.59 Å². The van der Waals surface area contributed by atoms with E-state index in [0.717, 1.165) is 18.4 Å². The summed E-state index contributed by atoms with van der Waals surface area (Å²) >= 11 is 0. The summed E-state index contributed by atoms with van der Waals surface area (Å²) in [7, 11) is 0. The quantitative estimate of drug-likeness (QED) is 0.821. The van der Waals surface area contributed by atoms with Gasteiger partial charge >= 0.3 is 0 Å². The van der Waals surface area contributed by atoms with Gasteiger partial charge in [0.2, 0.25) is 5.91 Å². The number of ether oxygens (including phenoxy) is 1. The number of benzene rings is 1. The lowest BCUT2D eigenvalue weighted by atomic mass is 10.2. The summed E-state index contributed by atoms with van der Waals surface area (Å²) in [5, 5.41) is 2.85. The van der Waals surface area contributed by atoms with E-state index in [1.54, 1.807) is 23.1 Å². The molecule has 2 rings (SSSR count). The highest BCUT2D eigenvalue weighted by Crippen LogP contribution is 2.34. The average molecular weight is 302 g/mol. The van der Waals surface area contributed by atoms with Gasteiger partial charge in [0.25, 0.3) is 5.91 Å². The number of unbranched alkanes of at least 4 members (excludes halogenated alkanes) is 1. The first-order chi connectivity index (χ1) is 10.5. The van der Waals surface area contributed by atoms with E-state index in [4.69, 9.17) is 4.74 Å². The Labute approximate surface area is 130 Å². The monoisotopic (exact) mass is 302 g/mol. The first kappa shape index (κ1) is 16.1. The molecule has 0 saturated heterocycles. The van der Waals surface area contributed by atoms with Gasteiger partial charge in [-0.2, -0.15) is 0 Å². The molecule has 1 aliphatic rings. The lowest BCUT2D eigenvalue weighted by Gasteiger charge is -2.29. The van der Waals surface area contributed by atoms with Crippen molar-refractivity contribution in [3.63, 3.8) is 0 Å². The second-order valence-corrected chi connectivity index (χ2v) is 5.56. The highest BCUT2D eigenvalue weighted by molar-refractivity contribution is 5.99. The van der Waals surface area contributed by atoms with Gasteiger partial charge in [0.05, 0.1) is 5.69 Å². The van der Waals surface area contributed by atoms with Gasteiger partial charge in [-0.1, -0.05) is 25.5 Å². The second-order valence-electron chi connectivity index (χ2n) is 5.56. The molecule has 0 spiro atoms. The third-order valence-corrected chi connectivity index (χ3v) is 3.37. The fourth-order valence-corrected chi connectivity index (χ4v) is 2.29. The molecule has 1 N–H and O–H groups in total. The van der Waals surface area contributed by atoms with Crippen LogP contribution in [0.5, 0.6) is 5.75 Å². The molecule has 0 radical (unpaired) electrons. The largest absolute Gasteiger partial charge is 0.481 e. The van der Waals surface area contributed by atoms with Crippen molar-refractivity contribution in [3.05, 3.63) is 30.4 Å². The van der Waals surface area contributed by atoms with E-state index in [2.05, 4.69) is 11.9 Å². The van der Waals surface area contributed by atoms with Gasteiger partial charge in [-0.05, 0) is 25.5 Å². The molecular formula is C17H22N2O3. The zero-order valence-electron chi connectivity index (χ0n) is 13.1. The number of nitrogens with one attached hydrogen (secondary N) is 1. The van der Waals surface area contributed by atoms with E-state index in [1.165, 1.54) is 0 Å². The van der Waals surface area contributed by atoms with Gasteiger partial charge in [-0.15, -0.1) is 0 Å². The van der Waals surface area contributed by atoms with Crippen molar-refractivity contribution in [2.24, 2.45) is 0 Å². The molecule has 0 fully saturated rings. The minimum Gasteiger partial charge on any atom is -0.481 e. The Morgan fingerprint density at radius 3 is 2.91 bits per heavy atom. The first-order valence-electron chi connectivity index (χ1n) is 7.52. The Bertz CT molecular complexity index is 596. The maximum Gasteiger partial charge on any atom is 0.265 e. The van der Waals surface area contributed by atoms with E-state index in [1.807, 2.05) is 13.8 Å². The number of nitrogens with zero attached hydrogens (tertiary/aromatic N) is 1. The third kappa shape index (κ3) is 3.87. The van der Waals surface area contributed by atoms with E-state index in [0.29, 0.717) is 30.1 Å². The molecule has 1 aliphatic heterocycles. The zero-order valence-corrected chi connectivity index (χ0v) is 13.1. The molecule has 5 nitrogen and oxygen atoms in total.